The maximum Gasteiger partial charge on any atom is 0.128 e. The van der Waals surface area contributed by atoms with Gasteiger partial charge in [0.15, 0.2) is 0 Å². The van der Waals surface area contributed by atoms with Gasteiger partial charge in [-0.3, -0.25) is 0 Å². The molecule has 0 radical (unpaired) electrons. The Hall–Kier alpha value is -1.84. The van der Waals surface area contributed by atoms with Gasteiger partial charge in [-0.15, -0.1) is 0 Å². The van der Waals surface area contributed by atoms with Crippen LogP contribution in [-0.2, 0) is 13.2 Å². The molecule has 0 saturated carbocycles. The van der Waals surface area contributed by atoms with Crippen LogP contribution in [0.4, 0.5) is 0 Å². The average Bonchev–Trinajstić information content (AvgIpc) is 2.56. The lowest BCUT2D eigenvalue weighted by molar-refractivity contribution is -0.706. The first-order chi connectivity index (χ1) is 10.3. The molecule has 0 amide bonds. The average molecular weight is 286 g/mol. The minimum atomic E-state index is 0.212. The minimum absolute atomic E-state index is 0.212. The van der Waals surface area contributed by atoms with Crippen LogP contribution in [0.1, 0.15) is 24.5 Å². The topological polar surface area (TPSA) is 46.1 Å². The molecule has 3 nitrogen and oxygen atoms in total. The van der Waals surface area contributed by atoms with Crippen molar-refractivity contribution in [1.82, 2.24) is 0 Å². The summed E-state index contributed by atoms with van der Waals surface area (Å²) >= 11 is 0. The molecule has 3 N–H and O–H groups in total. The van der Waals surface area contributed by atoms with Gasteiger partial charge in [-0.25, -0.2) is 0 Å². The fraction of sp³-hybridized carbons (Fsp3) is 0.333. The molecule has 0 unspecified atom stereocenters. The molecule has 112 valence electrons. The van der Waals surface area contributed by atoms with E-state index in [1.54, 1.807) is 0 Å². The third kappa shape index (κ3) is 4.88. The molecule has 0 aliphatic heterocycles. The van der Waals surface area contributed by atoms with Gasteiger partial charge in [0.2, 0.25) is 0 Å². The van der Waals surface area contributed by atoms with Gasteiger partial charge in [-0.05, 0) is 24.1 Å². The molecule has 0 saturated heterocycles. The summed E-state index contributed by atoms with van der Waals surface area (Å²) in [5, 5.41) is 11.4. The number of rotatable bonds is 8. The quantitative estimate of drug-likeness (QED) is 0.780. The van der Waals surface area contributed by atoms with E-state index in [0.29, 0.717) is 6.61 Å². The van der Waals surface area contributed by atoms with Crippen LogP contribution in [0.5, 0.6) is 5.75 Å². The summed E-state index contributed by atoms with van der Waals surface area (Å²) in [6.45, 7) is 3.71. The molecular weight excluding hydrogens is 262 g/mol. The molecule has 0 aliphatic carbocycles. The molecule has 3 heteroatoms. The van der Waals surface area contributed by atoms with Crippen LogP contribution in [0.15, 0.2) is 54.6 Å². The highest BCUT2D eigenvalue weighted by Crippen LogP contribution is 2.18. The summed E-state index contributed by atoms with van der Waals surface area (Å²) in [7, 11) is 0. The number of nitrogens with two attached hydrogens (primary N) is 1. The number of benzene rings is 2. The number of aliphatic hydroxyl groups excluding tert-OH is 1. The number of aliphatic hydroxyl groups is 1. The van der Waals surface area contributed by atoms with Crippen LogP contribution in [0.3, 0.4) is 0 Å². The van der Waals surface area contributed by atoms with Crippen LogP contribution < -0.4 is 10.1 Å². The van der Waals surface area contributed by atoms with Gasteiger partial charge in [0.1, 0.15) is 24.9 Å². The van der Waals surface area contributed by atoms with E-state index in [1.807, 2.05) is 36.4 Å². The normalized spacial score (nSPS) is 12.1. The van der Waals surface area contributed by atoms with Gasteiger partial charge in [0.25, 0.3) is 0 Å². The molecule has 2 rings (SSSR count). The predicted molar refractivity (Wildman–Crippen MR) is 84.0 cm³/mol. The number of hydrogen-bond acceptors (Lipinski definition) is 2. The fourth-order valence-corrected chi connectivity index (χ4v) is 2.21. The summed E-state index contributed by atoms with van der Waals surface area (Å²) in [5.41, 5.74) is 2.33. The summed E-state index contributed by atoms with van der Waals surface area (Å²) in [5.74, 6) is 0.922. The smallest absolute Gasteiger partial charge is 0.128 e. The summed E-state index contributed by atoms with van der Waals surface area (Å²) in [4.78, 5) is 0. The minimum Gasteiger partial charge on any atom is -0.488 e. The molecule has 0 heterocycles. The molecule has 2 aromatic rings. The number of para-hydroxylation sites is 1. The summed E-state index contributed by atoms with van der Waals surface area (Å²) in [6, 6.07) is 18.5. The van der Waals surface area contributed by atoms with E-state index in [1.165, 1.54) is 5.56 Å². The lowest BCUT2D eigenvalue weighted by atomic mass is 10.1. The molecule has 0 spiro atoms. The maximum absolute atomic E-state index is 9.26. The Labute approximate surface area is 126 Å². The second-order valence-electron chi connectivity index (χ2n) is 5.17. The largest absolute Gasteiger partial charge is 0.488 e. The van der Waals surface area contributed by atoms with Crippen LogP contribution in [-0.4, -0.2) is 17.8 Å². The van der Waals surface area contributed by atoms with E-state index in [9.17, 15) is 5.11 Å². The van der Waals surface area contributed by atoms with Crippen molar-refractivity contribution in [3.8, 4) is 5.75 Å². The van der Waals surface area contributed by atoms with Crippen molar-refractivity contribution in [2.75, 3.05) is 6.61 Å². The van der Waals surface area contributed by atoms with Crippen molar-refractivity contribution >= 4 is 0 Å². The monoisotopic (exact) mass is 286 g/mol. The summed E-state index contributed by atoms with van der Waals surface area (Å²) < 4.78 is 5.94. The lowest BCUT2D eigenvalue weighted by Crippen LogP contribution is -2.89. The SMILES string of the molecule is CC[C@H](CO)[NH2+]Cc1ccccc1OCc1ccccc1. The van der Waals surface area contributed by atoms with Crippen LogP contribution in [0.25, 0.3) is 0 Å². The molecule has 21 heavy (non-hydrogen) atoms. The van der Waals surface area contributed by atoms with Crippen LogP contribution in [0, 0.1) is 0 Å². The molecule has 2 aromatic carbocycles. The first kappa shape index (κ1) is 15.5. The standard InChI is InChI=1S/C18H23NO2/c1-2-17(13-20)19-12-16-10-6-7-11-18(16)21-14-15-8-4-3-5-9-15/h3-11,17,19-20H,2,12-14H2,1H3/p+1/t17-/m1/s1. The fourth-order valence-electron chi connectivity index (χ4n) is 2.21. The number of quaternary nitrogens is 1. The first-order valence-electron chi connectivity index (χ1n) is 7.52. The van der Waals surface area contributed by atoms with Crippen LogP contribution >= 0.6 is 0 Å². The zero-order valence-electron chi connectivity index (χ0n) is 12.5. The predicted octanol–water partition coefficient (Wildman–Crippen LogP) is 2.10. The van der Waals surface area contributed by atoms with Crippen molar-refractivity contribution in [2.24, 2.45) is 0 Å². The van der Waals surface area contributed by atoms with Crippen molar-refractivity contribution in [1.29, 1.82) is 0 Å². The van der Waals surface area contributed by atoms with Crippen molar-refractivity contribution < 1.29 is 15.2 Å². The number of ether oxygens (including phenoxy) is 1. The van der Waals surface area contributed by atoms with E-state index < -0.39 is 0 Å². The lowest BCUT2D eigenvalue weighted by Gasteiger charge is -2.14. The second-order valence-corrected chi connectivity index (χ2v) is 5.17. The summed E-state index contributed by atoms with van der Waals surface area (Å²) in [6.07, 6.45) is 0.962. The Morgan fingerprint density at radius 3 is 2.48 bits per heavy atom. The number of hydrogen-bond donors (Lipinski definition) is 2. The van der Waals surface area contributed by atoms with Gasteiger partial charge < -0.3 is 15.2 Å². The molecule has 0 aromatic heterocycles. The van der Waals surface area contributed by atoms with Crippen molar-refractivity contribution in [3.63, 3.8) is 0 Å². The third-order valence-corrected chi connectivity index (χ3v) is 3.64. The van der Waals surface area contributed by atoms with Gasteiger partial charge in [-0.2, -0.15) is 0 Å². The Morgan fingerprint density at radius 1 is 1.05 bits per heavy atom. The highest BCUT2D eigenvalue weighted by atomic mass is 16.5. The molecular formula is C18H24NO2+. The van der Waals surface area contributed by atoms with Gasteiger partial charge in [0.05, 0.1) is 6.61 Å². The third-order valence-electron chi connectivity index (χ3n) is 3.64. The molecule has 0 fully saturated rings. The van der Waals surface area contributed by atoms with Gasteiger partial charge in [0, 0.05) is 5.56 Å². The molecule has 1 atom stereocenters. The van der Waals surface area contributed by atoms with E-state index in [0.717, 1.165) is 24.3 Å². The van der Waals surface area contributed by atoms with Crippen molar-refractivity contribution in [2.45, 2.75) is 32.5 Å². The Bertz CT molecular complexity index is 524. The molecule has 0 aliphatic rings. The van der Waals surface area contributed by atoms with Crippen LogP contribution in [0.2, 0.25) is 0 Å². The zero-order chi connectivity index (χ0) is 14.9. The second kappa shape index (κ2) is 8.45. The van der Waals surface area contributed by atoms with E-state index >= 15 is 0 Å². The highest BCUT2D eigenvalue weighted by Gasteiger charge is 2.10. The Balaban J connectivity index is 1.96. The highest BCUT2D eigenvalue weighted by molar-refractivity contribution is 5.32. The van der Waals surface area contributed by atoms with Crippen molar-refractivity contribution in [3.05, 3.63) is 65.7 Å². The maximum atomic E-state index is 9.26. The van der Waals surface area contributed by atoms with E-state index in [-0.39, 0.29) is 12.6 Å². The van der Waals surface area contributed by atoms with Gasteiger partial charge >= 0.3 is 0 Å². The molecule has 0 bridgehead atoms. The van der Waals surface area contributed by atoms with E-state index in [4.69, 9.17) is 4.74 Å². The van der Waals surface area contributed by atoms with Gasteiger partial charge in [-0.1, -0.05) is 49.4 Å². The zero-order valence-corrected chi connectivity index (χ0v) is 12.5. The van der Waals surface area contributed by atoms with E-state index in [2.05, 4.69) is 30.4 Å². The first-order valence-corrected chi connectivity index (χ1v) is 7.52. The Kier molecular flexibility index (Phi) is 6.25. The Morgan fingerprint density at radius 2 is 1.76 bits per heavy atom.